The highest BCUT2D eigenvalue weighted by Gasteiger charge is 2.28. The third-order valence-corrected chi connectivity index (χ3v) is 3.60. The molecule has 1 aromatic carbocycles. The van der Waals surface area contributed by atoms with Gasteiger partial charge in [0.1, 0.15) is 0 Å². The van der Waals surface area contributed by atoms with Crippen LogP contribution < -0.4 is 11.1 Å². The number of piperidine rings is 1. The van der Waals surface area contributed by atoms with E-state index < -0.39 is 5.60 Å². The molecule has 1 aliphatic heterocycles. The largest absolute Gasteiger partial charge is 0.399 e. The Balaban J connectivity index is 1.76. The predicted molar refractivity (Wildman–Crippen MR) is 80.4 cm³/mol. The Morgan fingerprint density at radius 2 is 2.15 bits per heavy atom. The maximum Gasteiger partial charge on any atom is 0.225 e. The van der Waals surface area contributed by atoms with Gasteiger partial charge in [0, 0.05) is 30.9 Å². The van der Waals surface area contributed by atoms with Crippen LogP contribution in [0.3, 0.4) is 0 Å². The first-order chi connectivity index (χ1) is 9.44. The monoisotopic (exact) mass is 277 g/mol. The molecule has 2 rings (SSSR count). The number of nitrogen functional groups attached to an aromatic ring is 1. The van der Waals surface area contributed by atoms with Crippen molar-refractivity contribution < 1.29 is 9.90 Å². The number of anilines is 2. The molecule has 1 saturated heterocycles. The Morgan fingerprint density at radius 1 is 1.45 bits per heavy atom. The summed E-state index contributed by atoms with van der Waals surface area (Å²) in [5.74, 6) is -0.0139. The zero-order valence-corrected chi connectivity index (χ0v) is 11.9. The number of hydrogen-bond acceptors (Lipinski definition) is 4. The minimum atomic E-state index is -0.619. The van der Waals surface area contributed by atoms with Crippen LogP contribution in [0.1, 0.15) is 26.2 Å². The molecular weight excluding hydrogens is 254 g/mol. The predicted octanol–water partition coefficient (Wildman–Crippen LogP) is 1.44. The number of amides is 1. The standard InChI is InChI=1S/C15H23N3O2/c1-15(20)8-2-9-18(11-15)10-7-14(19)17-13-5-3-12(16)4-6-13/h3-6,20H,2,7-11,16H2,1H3,(H,17,19). The van der Waals surface area contributed by atoms with Crippen molar-refractivity contribution in [1.82, 2.24) is 4.90 Å². The third-order valence-electron chi connectivity index (χ3n) is 3.60. The summed E-state index contributed by atoms with van der Waals surface area (Å²) >= 11 is 0. The molecule has 0 bridgehead atoms. The van der Waals surface area contributed by atoms with E-state index in [9.17, 15) is 9.90 Å². The van der Waals surface area contributed by atoms with Crippen LogP contribution in [-0.4, -0.2) is 41.1 Å². The van der Waals surface area contributed by atoms with Crippen LogP contribution >= 0.6 is 0 Å². The molecule has 1 aliphatic rings. The molecule has 20 heavy (non-hydrogen) atoms. The van der Waals surface area contributed by atoms with E-state index in [-0.39, 0.29) is 5.91 Å². The molecule has 0 aromatic heterocycles. The number of nitrogens with one attached hydrogen (secondary N) is 1. The van der Waals surface area contributed by atoms with Gasteiger partial charge in [0.05, 0.1) is 5.60 Å². The van der Waals surface area contributed by atoms with Gasteiger partial charge in [-0.3, -0.25) is 9.69 Å². The number of nitrogens with two attached hydrogens (primary N) is 1. The lowest BCUT2D eigenvalue weighted by Gasteiger charge is -2.36. The lowest BCUT2D eigenvalue weighted by Crippen LogP contribution is -2.46. The van der Waals surface area contributed by atoms with Crippen molar-refractivity contribution in [3.05, 3.63) is 24.3 Å². The summed E-state index contributed by atoms with van der Waals surface area (Å²) in [7, 11) is 0. The van der Waals surface area contributed by atoms with Crippen molar-refractivity contribution >= 4 is 17.3 Å². The minimum Gasteiger partial charge on any atom is -0.399 e. The van der Waals surface area contributed by atoms with Gasteiger partial charge < -0.3 is 16.2 Å². The average molecular weight is 277 g/mol. The maximum absolute atomic E-state index is 11.9. The van der Waals surface area contributed by atoms with Crippen molar-refractivity contribution in [2.75, 3.05) is 30.7 Å². The number of rotatable bonds is 4. The van der Waals surface area contributed by atoms with E-state index in [4.69, 9.17) is 5.73 Å². The van der Waals surface area contributed by atoms with Gasteiger partial charge in [-0.25, -0.2) is 0 Å². The topological polar surface area (TPSA) is 78.6 Å². The SMILES string of the molecule is CC1(O)CCCN(CCC(=O)Nc2ccc(N)cc2)C1. The van der Waals surface area contributed by atoms with E-state index in [1.54, 1.807) is 24.3 Å². The molecule has 1 unspecified atom stereocenters. The van der Waals surface area contributed by atoms with Gasteiger partial charge in [0.25, 0.3) is 0 Å². The fourth-order valence-corrected chi connectivity index (χ4v) is 2.56. The first-order valence-corrected chi connectivity index (χ1v) is 7.05. The van der Waals surface area contributed by atoms with Crippen LogP contribution in [0.15, 0.2) is 24.3 Å². The second-order valence-corrected chi connectivity index (χ2v) is 5.80. The molecule has 0 radical (unpaired) electrons. The molecule has 110 valence electrons. The lowest BCUT2D eigenvalue weighted by atomic mass is 9.95. The third kappa shape index (κ3) is 4.51. The number of carbonyl (C=O) groups excluding carboxylic acids is 1. The number of aliphatic hydroxyl groups is 1. The molecular formula is C15H23N3O2. The van der Waals surface area contributed by atoms with Gasteiger partial charge in [0.15, 0.2) is 0 Å². The zero-order valence-electron chi connectivity index (χ0n) is 11.9. The van der Waals surface area contributed by atoms with E-state index in [1.165, 1.54) is 0 Å². The van der Waals surface area contributed by atoms with Gasteiger partial charge in [-0.15, -0.1) is 0 Å². The number of likely N-dealkylation sites (tertiary alicyclic amines) is 1. The first kappa shape index (κ1) is 14.8. The maximum atomic E-state index is 11.9. The summed E-state index contributed by atoms with van der Waals surface area (Å²) in [6, 6.07) is 7.10. The molecule has 4 N–H and O–H groups in total. The van der Waals surface area contributed by atoms with Crippen molar-refractivity contribution in [2.45, 2.75) is 31.8 Å². The van der Waals surface area contributed by atoms with Gasteiger partial charge in [-0.05, 0) is 50.6 Å². The normalized spacial score (nSPS) is 23.5. The number of β-amino-alcohol motifs (C(OH)–C–C–N with tert-alkyl or cyclic N) is 1. The summed E-state index contributed by atoms with van der Waals surface area (Å²) in [6.07, 6.45) is 2.24. The first-order valence-electron chi connectivity index (χ1n) is 7.05. The second-order valence-electron chi connectivity index (χ2n) is 5.80. The highest BCUT2D eigenvalue weighted by atomic mass is 16.3. The molecule has 1 heterocycles. The molecule has 0 spiro atoms. The van der Waals surface area contributed by atoms with Crippen molar-refractivity contribution in [3.8, 4) is 0 Å². The Labute approximate surface area is 119 Å². The van der Waals surface area contributed by atoms with Crippen molar-refractivity contribution in [1.29, 1.82) is 0 Å². The molecule has 1 aromatic rings. The number of benzene rings is 1. The van der Waals surface area contributed by atoms with Gasteiger partial charge >= 0.3 is 0 Å². The highest BCUT2D eigenvalue weighted by molar-refractivity contribution is 5.90. The molecule has 5 heteroatoms. The van der Waals surface area contributed by atoms with E-state index in [0.29, 0.717) is 25.2 Å². The van der Waals surface area contributed by atoms with E-state index in [2.05, 4.69) is 10.2 Å². The van der Waals surface area contributed by atoms with E-state index in [1.807, 2.05) is 6.92 Å². The van der Waals surface area contributed by atoms with E-state index >= 15 is 0 Å². The van der Waals surface area contributed by atoms with E-state index in [0.717, 1.165) is 25.1 Å². The average Bonchev–Trinajstić information content (AvgIpc) is 2.38. The Hall–Kier alpha value is -1.59. The van der Waals surface area contributed by atoms with Crippen molar-refractivity contribution in [2.24, 2.45) is 0 Å². The van der Waals surface area contributed by atoms with Gasteiger partial charge in [-0.1, -0.05) is 0 Å². The smallest absolute Gasteiger partial charge is 0.225 e. The summed E-state index contributed by atoms with van der Waals surface area (Å²) in [5, 5.41) is 12.9. The Morgan fingerprint density at radius 3 is 2.80 bits per heavy atom. The summed E-state index contributed by atoms with van der Waals surface area (Å²) in [4.78, 5) is 14.0. The molecule has 0 saturated carbocycles. The fourth-order valence-electron chi connectivity index (χ4n) is 2.56. The molecule has 1 atom stereocenters. The summed E-state index contributed by atoms with van der Waals surface area (Å²) < 4.78 is 0. The van der Waals surface area contributed by atoms with Gasteiger partial charge in [0.2, 0.25) is 5.91 Å². The summed E-state index contributed by atoms with van der Waals surface area (Å²) in [5.41, 5.74) is 6.41. The summed E-state index contributed by atoms with van der Waals surface area (Å²) in [6.45, 7) is 4.12. The second kappa shape index (κ2) is 6.24. The van der Waals surface area contributed by atoms with Crippen LogP contribution in [0.4, 0.5) is 11.4 Å². The quantitative estimate of drug-likeness (QED) is 0.728. The molecule has 5 nitrogen and oxygen atoms in total. The molecule has 0 aliphatic carbocycles. The van der Waals surface area contributed by atoms with Crippen LogP contribution in [0.5, 0.6) is 0 Å². The van der Waals surface area contributed by atoms with Crippen LogP contribution in [0.25, 0.3) is 0 Å². The van der Waals surface area contributed by atoms with Crippen molar-refractivity contribution in [3.63, 3.8) is 0 Å². The van der Waals surface area contributed by atoms with Gasteiger partial charge in [-0.2, -0.15) is 0 Å². The van der Waals surface area contributed by atoms with Crippen LogP contribution in [0.2, 0.25) is 0 Å². The highest BCUT2D eigenvalue weighted by Crippen LogP contribution is 2.20. The molecule has 1 fully saturated rings. The van der Waals surface area contributed by atoms with Crippen LogP contribution in [-0.2, 0) is 4.79 Å². The fraction of sp³-hybridized carbons (Fsp3) is 0.533. The van der Waals surface area contributed by atoms with Crippen LogP contribution in [0, 0.1) is 0 Å². The minimum absolute atomic E-state index is 0.0139. The molecule has 1 amide bonds. The lowest BCUT2D eigenvalue weighted by molar-refractivity contribution is -0.117. The Bertz CT molecular complexity index is 457. The number of carbonyl (C=O) groups is 1. The number of nitrogens with zero attached hydrogens (tertiary/aromatic N) is 1. The Kier molecular flexibility index (Phi) is 4.62. The zero-order chi connectivity index (χ0) is 14.6. The number of hydrogen-bond donors (Lipinski definition) is 3.